The zero-order valence-corrected chi connectivity index (χ0v) is 33.8. The summed E-state index contributed by atoms with van der Waals surface area (Å²) in [6.45, 7) is 0. The summed E-state index contributed by atoms with van der Waals surface area (Å²) in [5, 5.41) is 0. The Balaban J connectivity index is 1.21. The molecule has 0 atom stereocenters. The van der Waals surface area contributed by atoms with Crippen molar-refractivity contribution in [2.24, 2.45) is 0 Å². The third-order valence-electron chi connectivity index (χ3n) is 10.4. The molecule has 0 aliphatic rings. The minimum absolute atomic E-state index is 0.687. The van der Waals surface area contributed by atoms with Gasteiger partial charge in [0.15, 0.2) is 0 Å². The Morgan fingerprint density at radius 2 is 0.468 bits per heavy atom. The van der Waals surface area contributed by atoms with E-state index in [-0.39, 0.29) is 0 Å². The fraction of sp³-hybridized carbons (Fsp3) is 0. The van der Waals surface area contributed by atoms with Gasteiger partial charge in [-0.3, -0.25) is 19.9 Å². The van der Waals surface area contributed by atoms with Crippen LogP contribution in [0.2, 0.25) is 0 Å². The minimum Gasteiger partial charge on any atom is -0.264 e. The summed E-state index contributed by atoms with van der Waals surface area (Å²) in [5.74, 6) is 0. The van der Waals surface area contributed by atoms with Gasteiger partial charge in [0, 0.05) is 71.8 Å². The Bertz CT molecular complexity index is 2640. The first-order valence-electron chi connectivity index (χ1n) is 20.4. The van der Waals surface area contributed by atoms with Gasteiger partial charge < -0.3 is 0 Å². The van der Waals surface area contributed by atoms with E-state index >= 15 is 0 Å². The van der Waals surface area contributed by atoms with Gasteiger partial charge >= 0.3 is 0 Å². The monoisotopic (exact) mass is 796 g/mol. The minimum atomic E-state index is 0.687. The molecule has 4 aromatic carbocycles. The first kappa shape index (κ1) is 39.0. The van der Waals surface area contributed by atoms with Crippen molar-refractivity contribution in [3.05, 3.63) is 240 Å². The van der Waals surface area contributed by atoms with Crippen LogP contribution in [0.3, 0.4) is 0 Å². The maximum atomic E-state index is 5.38. The van der Waals surface area contributed by atoms with E-state index in [0.717, 1.165) is 66.8 Å². The van der Waals surface area contributed by atoms with Gasteiger partial charge in [-0.25, -0.2) is 9.97 Å². The molecule has 6 nitrogen and oxygen atoms in total. The summed E-state index contributed by atoms with van der Waals surface area (Å²) in [5.41, 5.74) is 15.3. The SMILES string of the molecule is C(=Cc1nc(C=Cc2cnccc2-c2ccccc2)c(C=Cc2cnccc2-c2ccccc2)nc1C=Cc1cnccc1-c1ccccc1)c1cnccc1-c1ccccc1. The molecule has 0 spiro atoms. The summed E-state index contributed by atoms with van der Waals surface area (Å²) < 4.78 is 0. The second-order valence-electron chi connectivity index (χ2n) is 14.4. The van der Waals surface area contributed by atoms with Crippen LogP contribution < -0.4 is 0 Å². The van der Waals surface area contributed by atoms with Crippen LogP contribution in [-0.2, 0) is 0 Å². The van der Waals surface area contributed by atoms with E-state index in [4.69, 9.17) is 9.97 Å². The van der Waals surface area contributed by atoms with Gasteiger partial charge in [-0.1, -0.05) is 146 Å². The Morgan fingerprint density at radius 1 is 0.242 bits per heavy atom. The number of nitrogens with zero attached hydrogens (tertiary/aromatic N) is 6. The number of pyridine rings is 4. The summed E-state index contributed by atoms with van der Waals surface area (Å²) in [6.07, 6.45) is 31.2. The smallest absolute Gasteiger partial charge is 0.0894 e. The summed E-state index contributed by atoms with van der Waals surface area (Å²) >= 11 is 0. The molecule has 0 N–H and O–H groups in total. The highest BCUT2D eigenvalue weighted by atomic mass is 14.8. The number of aromatic nitrogens is 6. The van der Waals surface area contributed by atoms with Crippen LogP contribution in [0.1, 0.15) is 45.0 Å². The van der Waals surface area contributed by atoms with Crippen molar-refractivity contribution >= 4 is 48.6 Å². The summed E-state index contributed by atoms with van der Waals surface area (Å²) in [6, 6.07) is 49.5. The quantitative estimate of drug-likeness (QED) is 0.123. The van der Waals surface area contributed by atoms with E-state index in [1.807, 2.05) is 171 Å². The zero-order chi connectivity index (χ0) is 41.8. The van der Waals surface area contributed by atoms with E-state index < -0.39 is 0 Å². The molecule has 294 valence electrons. The average Bonchev–Trinajstić information content (AvgIpc) is 3.35. The Morgan fingerprint density at radius 3 is 0.694 bits per heavy atom. The third-order valence-corrected chi connectivity index (χ3v) is 10.4. The van der Waals surface area contributed by atoms with E-state index in [0.29, 0.717) is 22.8 Å². The molecule has 5 heterocycles. The Kier molecular flexibility index (Phi) is 12.0. The largest absolute Gasteiger partial charge is 0.264 e. The molecule has 0 fully saturated rings. The van der Waals surface area contributed by atoms with E-state index in [1.165, 1.54) is 0 Å². The van der Waals surface area contributed by atoms with Crippen LogP contribution >= 0.6 is 0 Å². The van der Waals surface area contributed by atoms with Crippen LogP contribution in [0.4, 0.5) is 0 Å². The van der Waals surface area contributed by atoms with Crippen molar-refractivity contribution in [3.63, 3.8) is 0 Å². The van der Waals surface area contributed by atoms with Gasteiger partial charge in [0.1, 0.15) is 0 Å². The third kappa shape index (κ3) is 9.20. The number of benzene rings is 4. The van der Waals surface area contributed by atoms with Crippen molar-refractivity contribution < 1.29 is 0 Å². The van der Waals surface area contributed by atoms with Crippen LogP contribution in [0.15, 0.2) is 195 Å². The van der Waals surface area contributed by atoms with E-state index in [1.54, 1.807) is 0 Å². The lowest BCUT2D eigenvalue weighted by molar-refractivity contribution is 1.12. The molecule has 0 bridgehead atoms. The number of rotatable bonds is 12. The molecule has 0 aliphatic heterocycles. The van der Waals surface area contributed by atoms with Crippen molar-refractivity contribution in [1.29, 1.82) is 0 Å². The standard InChI is InChI=1S/C56H40N6/c1-5-13-41(14-6-1)49-29-33-57-37-45(49)21-25-53-54(26-22-46-38-58-34-30-50(46)42-15-7-2-8-16-42)62-56(28-24-48-40-60-36-32-52(48)44-19-11-4-12-20-44)55(61-53)27-23-47-39-59-35-31-51(47)43-17-9-3-10-18-43/h1-40H. The predicted octanol–water partition coefficient (Wildman–Crippen LogP) is 13.4. The fourth-order valence-electron chi connectivity index (χ4n) is 7.33. The lowest BCUT2D eigenvalue weighted by atomic mass is 10.00. The maximum Gasteiger partial charge on any atom is 0.0894 e. The van der Waals surface area contributed by atoms with Gasteiger partial charge in [-0.2, -0.15) is 0 Å². The van der Waals surface area contributed by atoms with Crippen molar-refractivity contribution in [3.8, 4) is 44.5 Å². The lowest BCUT2D eigenvalue weighted by Crippen LogP contribution is -2.00. The molecule has 0 saturated heterocycles. The van der Waals surface area contributed by atoms with Gasteiger partial charge in [0.2, 0.25) is 0 Å². The molecule has 0 radical (unpaired) electrons. The molecule has 62 heavy (non-hydrogen) atoms. The molecule has 0 amide bonds. The Labute approximate surface area is 361 Å². The van der Waals surface area contributed by atoms with Crippen LogP contribution in [0, 0.1) is 0 Å². The van der Waals surface area contributed by atoms with Crippen molar-refractivity contribution in [2.75, 3.05) is 0 Å². The highest BCUT2D eigenvalue weighted by molar-refractivity contribution is 5.88. The lowest BCUT2D eigenvalue weighted by Gasteiger charge is -2.10. The predicted molar refractivity (Wildman–Crippen MR) is 256 cm³/mol. The summed E-state index contributed by atoms with van der Waals surface area (Å²) in [7, 11) is 0. The summed E-state index contributed by atoms with van der Waals surface area (Å²) in [4.78, 5) is 28.7. The van der Waals surface area contributed by atoms with Gasteiger partial charge in [-0.15, -0.1) is 0 Å². The average molecular weight is 797 g/mol. The first-order chi connectivity index (χ1) is 30.8. The molecule has 0 saturated carbocycles. The van der Waals surface area contributed by atoms with Gasteiger partial charge in [0.05, 0.1) is 22.8 Å². The zero-order valence-electron chi connectivity index (χ0n) is 33.8. The van der Waals surface area contributed by atoms with Crippen molar-refractivity contribution in [2.45, 2.75) is 0 Å². The molecule has 6 heteroatoms. The van der Waals surface area contributed by atoms with Gasteiger partial charge in [-0.05, 0) is 93.1 Å². The first-order valence-corrected chi connectivity index (χ1v) is 20.4. The highest BCUT2D eigenvalue weighted by Crippen LogP contribution is 2.30. The highest BCUT2D eigenvalue weighted by Gasteiger charge is 2.12. The molecule has 5 aromatic heterocycles. The van der Waals surface area contributed by atoms with Crippen LogP contribution in [-0.4, -0.2) is 29.9 Å². The second kappa shape index (κ2) is 19.1. The van der Waals surface area contributed by atoms with Crippen molar-refractivity contribution in [1.82, 2.24) is 29.9 Å². The fourth-order valence-corrected chi connectivity index (χ4v) is 7.33. The van der Waals surface area contributed by atoms with Crippen LogP contribution in [0.5, 0.6) is 0 Å². The number of hydrogen-bond donors (Lipinski definition) is 0. The van der Waals surface area contributed by atoms with E-state index in [2.05, 4.69) is 92.8 Å². The molecular formula is C56H40N6. The molecule has 9 rings (SSSR count). The second-order valence-corrected chi connectivity index (χ2v) is 14.4. The topological polar surface area (TPSA) is 77.3 Å². The maximum absolute atomic E-state index is 5.38. The molecule has 0 aliphatic carbocycles. The number of hydrogen-bond acceptors (Lipinski definition) is 6. The van der Waals surface area contributed by atoms with Crippen LogP contribution in [0.25, 0.3) is 93.1 Å². The normalized spacial score (nSPS) is 11.6. The van der Waals surface area contributed by atoms with Gasteiger partial charge in [0.25, 0.3) is 0 Å². The Hall–Kier alpha value is -8.48. The molecular weight excluding hydrogens is 757 g/mol. The molecule has 0 unspecified atom stereocenters. The van der Waals surface area contributed by atoms with E-state index in [9.17, 15) is 0 Å². The molecule has 9 aromatic rings.